The van der Waals surface area contributed by atoms with Crippen LogP contribution in [0.3, 0.4) is 0 Å². The molecule has 0 aliphatic heterocycles. The fourth-order valence-electron chi connectivity index (χ4n) is 1.59. The molecule has 0 aliphatic rings. The van der Waals surface area contributed by atoms with Crippen LogP contribution in [0.15, 0.2) is 29.6 Å². The zero-order chi connectivity index (χ0) is 12.3. The molecule has 0 saturated carbocycles. The van der Waals surface area contributed by atoms with Crippen molar-refractivity contribution >= 4 is 17.1 Å². The third-order valence-electron chi connectivity index (χ3n) is 2.56. The van der Waals surface area contributed by atoms with Crippen molar-refractivity contribution in [1.29, 1.82) is 0 Å². The van der Waals surface area contributed by atoms with Gasteiger partial charge in [-0.05, 0) is 18.1 Å². The van der Waals surface area contributed by atoms with Crippen LogP contribution in [0.1, 0.15) is 33.5 Å². The number of benzene rings is 1. The zero-order valence-electron chi connectivity index (χ0n) is 9.64. The molecule has 0 fully saturated rings. The number of carbonyl (C=O) groups is 1. The van der Waals surface area contributed by atoms with Crippen molar-refractivity contribution in [2.75, 3.05) is 0 Å². The van der Waals surface area contributed by atoms with Crippen molar-refractivity contribution in [1.82, 2.24) is 4.98 Å². The molecule has 0 bridgehead atoms. The largest absolute Gasteiger partial charge is 0.325 e. The van der Waals surface area contributed by atoms with E-state index < -0.39 is 0 Å². The molecular formula is C13H14N2OS. The molecule has 2 aromatic rings. The van der Waals surface area contributed by atoms with Crippen molar-refractivity contribution in [3.63, 3.8) is 0 Å². The second kappa shape index (κ2) is 5.21. The van der Waals surface area contributed by atoms with Gasteiger partial charge in [0.15, 0.2) is 0 Å². The SMILES string of the molecule is CCc1cccc(C(=O)c2csc(CN)n2)c1. The average Bonchev–Trinajstić information content (AvgIpc) is 2.86. The lowest BCUT2D eigenvalue weighted by Gasteiger charge is -2.00. The van der Waals surface area contributed by atoms with E-state index >= 15 is 0 Å². The number of nitrogens with two attached hydrogens (primary N) is 1. The van der Waals surface area contributed by atoms with Gasteiger partial charge in [0.25, 0.3) is 0 Å². The first kappa shape index (κ1) is 12.0. The summed E-state index contributed by atoms with van der Waals surface area (Å²) in [7, 11) is 0. The fraction of sp³-hybridized carbons (Fsp3) is 0.231. The first-order chi connectivity index (χ1) is 8.24. The lowest BCUT2D eigenvalue weighted by atomic mass is 10.0. The molecule has 0 amide bonds. The Morgan fingerprint density at radius 3 is 2.94 bits per heavy atom. The maximum Gasteiger partial charge on any atom is 0.212 e. The highest BCUT2D eigenvalue weighted by Gasteiger charge is 2.12. The van der Waals surface area contributed by atoms with Crippen LogP contribution in [0.4, 0.5) is 0 Å². The van der Waals surface area contributed by atoms with Gasteiger partial charge in [-0.2, -0.15) is 0 Å². The highest BCUT2D eigenvalue weighted by Crippen LogP contribution is 2.15. The predicted molar refractivity (Wildman–Crippen MR) is 69.3 cm³/mol. The average molecular weight is 246 g/mol. The molecule has 2 N–H and O–H groups in total. The quantitative estimate of drug-likeness (QED) is 0.843. The maximum absolute atomic E-state index is 12.1. The smallest absolute Gasteiger partial charge is 0.212 e. The summed E-state index contributed by atoms with van der Waals surface area (Å²) in [4.78, 5) is 16.4. The minimum atomic E-state index is -0.0312. The molecule has 0 atom stereocenters. The molecular weight excluding hydrogens is 232 g/mol. The zero-order valence-corrected chi connectivity index (χ0v) is 10.5. The van der Waals surface area contributed by atoms with Crippen LogP contribution in [-0.4, -0.2) is 10.8 Å². The lowest BCUT2D eigenvalue weighted by Crippen LogP contribution is -2.03. The van der Waals surface area contributed by atoms with Gasteiger partial charge in [0.2, 0.25) is 5.78 Å². The maximum atomic E-state index is 12.1. The van der Waals surface area contributed by atoms with Gasteiger partial charge in [0, 0.05) is 17.5 Å². The molecule has 0 radical (unpaired) electrons. The van der Waals surface area contributed by atoms with Gasteiger partial charge in [-0.15, -0.1) is 11.3 Å². The van der Waals surface area contributed by atoms with Crippen molar-refractivity contribution < 1.29 is 4.79 Å². The Morgan fingerprint density at radius 2 is 2.29 bits per heavy atom. The van der Waals surface area contributed by atoms with Crippen LogP contribution in [0.5, 0.6) is 0 Å². The minimum absolute atomic E-state index is 0.0312. The Hall–Kier alpha value is -1.52. The first-order valence-electron chi connectivity index (χ1n) is 5.52. The van der Waals surface area contributed by atoms with Gasteiger partial charge in [-0.3, -0.25) is 4.79 Å². The van der Waals surface area contributed by atoms with E-state index in [9.17, 15) is 4.79 Å². The minimum Gasteiger partial charge on any atom is -0.325 e. The van der Waals surface area contributed by atoms with Gasteiger partial charge < -0.3 is 5.73 Å². The molecule has 0 saturated heterocycles. The molecule has 0 spiro atoms. The molecule has 0 aliphatic carbocycles. The van der Waals surface area contributed by atoms with Crippen molar-refractivity contribution in [2.24, 2.45) is 5.73 Å². The molecule has 0 unspecified atom stereocenters. The van der Waals surface area contributed by atoms with Gasteiger partial charge in [-0.1, -0.05) is 25.1 Å². The summed E-state index contributed by atoms with van der Waals surface area (Å²) in [6.07, 6.45) is 0.923. The molecule has 17 heavy (non-hydrogen) atoms. The fourth-order valence-corrected chi connectivity index (χ4v) is 2.24. The third kappa shape index (κ3) is 2.60. The van der Waals surface area contributed by atoms with E-state index in [4.69, 9.17) is 5.73 Å². The van der Waals surface area contributed by atoms with Gasteiger partial charge in [0.1, 0.15) is 10.7 Å². The molecule has 1 aromatic carbocycles. The summed E-state index contributed by atoms with van der Waals surface area (Å²) in [6.45, 7) is 2.45. The Balaban J connectivity index is 2.29. The van der Waals surface area contributed by atoms with E-state index in [-0.39, 0.29) is 5.78 Å². The molecule has 3 nitrogen and oxygen atoms in total. The van der Waals surface area contributed by atoms with E-state index in [1.807, 2.05) is 24.3 Å². The lowest BCUT2D eigenvalue weighted by molar-refractivity contribution is 0.103. The number of aromatic nitrogens is 1. The highest BCUT2D eigenvalue weighted by molar-refractivity contribution is 7.09. The van der Waals surface area contributed by atoms with Crippen LogP contribution in [-0.2, 0) is 13.0 Å². The number of thiazole rings is 1. The van der Waals surface area contributed by atoms with Gasteiger partial charge in [-0.25, -0.2) is 4.98 Å². The normalized spacial score (nSPS) is 10.5. The molecule has 88 valence electrons. The molecule has 4 heteroatoms. The van der Waals surface area contributed by atoms with E-state index in [0.29, 0.717) is 17.8 Å². The summed E-state index contributed by atoms with van der Waals surface area (Å²) in [5.41, 5.74) is 7.82. The second-order valence-corrected chi connectivity index (χ2v) is 4.66. The predicted octanol–water partition coefficient (Wildman–Crippen LogP) is 2.40. The number of rotatable bonds is 4. The third-order valence-corrected chi connectivity index (χ3v) is 3.43. The van der Waals surface area contributed by atoms with Crippen LogP contribution in [0, 0.1) is 0 Å². The van der Waals surface area contributed by atoms with Gasteiger partial charge in [0.05, 0.1) is 0 Å². The summed E-state index contributed by atoms with van der Waals surface area (Å²) < 4.78 is 0. The van der Waals surface area contributed by atoms with Crippen LogP contribution in [0.25, 0.3) is 0 Å². The summed E-state index contributed by atoms with van der Waals surface area (Å²) in [5.74, 6) is -0.0312. The Labute approximate surface area is 104 Å². The monoisotopic (exact) mass is 246 g/mol. The summed E-state index contributed by atoms with van der Waals surface area (Å²) in [6, 6.07) is 7.66. The van der Waals surface area contributed by atoms with Crippen LogP contribution >= 0.6 is 11.3 Å². The van der Waals surface area contributed by atoms with Crippen molar-refractivity contribution in [3.05, 3.63) is 51.5 Å². The Bertz CT molecular complexity index is 534. The number of hydrogen-bond acceptors (Lipinski definition) is 4. The number of nitrogens with zero attached hydrogens (tertiary/aromatic N) is 1. The van der Waals surface area contributed by atoms with Gasteiger partial charge >= 0.3 is 0 Å². The summed E-state index contributed by atoms with van der Waals surface area (Å²) >= 11 is 1.43. The topological polar surface area (TPSA) is 56.0 Å². The van der Waals surface area contributed by atoms with E-state index in [1.165, 1.54) is 11.3 Å². The Morgan fingerprint density at radius 1 is 1.47 bits per heavy atom. The van der Waals surface area contributed by atoms with Crippen molar-refractivity contribution in [2.45, 2.75) is 19.9 Å². The summed E-state index contributed by atoms with van der Waals surface area (Å²) in [5, 5.41) is 2.56. The number of aryl methyl sites for hydroxylation is 1. The molecule has 1 heterocycles. The van der Waals surface area contributed by atoms with Crippen LogP contribution in [0.2, 0.25) is 0 Å². The first-order valence-corrected chi connectivity index (χ1v) is 6.40. The standard InChI is InChI=1S/C13H14N2OS/c1-2-9-4-3-5-10(6-9)13(16)11-8-17-12(7-14)15-11/h3-6,8H,2,7,14H2,1H3. The molecule has 1 aromatic heterocycles. The molecule has 2 rings (SSSR count). The van der Waals surface area contributed by atoms with E-state index in [2.05, 4.69) is 11.9 Å². The number of ketones is 1. The van der Waals surface area contributed by atoms with Crippen molar-refractivity contribution in [3.8, 4) is 0 Å². The van der Waals surface area contributed by atoms with E-state index in [0.717, 1.165) is 17.0 Å². The second-order valence-electron chi connectivity index (χ2n) is 3.71. The Kier molecular flexibility index (Phi) is 3.66. The number of carbonyl (C=O) groups excluding carboxylic acids is 1. The number of hydrogen-bond donors (Lipinski definition) is 1. The van der Waals surface area contributed by atoms with E-state index in [1.54, 1.807) is 5.38 Å². The van der Waals surface area contributed by atoms with Crippen LogP contribution < -0.4 is 5.73 Å². The highest BCUT2D eigenvalue weighted by atomic mass is 32.1.